The Morgan fingerprint density at radius 2 is 2.27 bits per heavy atom. The van der Waals surface area contributed by atoms with Gasteiger partial charge in [0.2, 0.25) is 0 Å². The third-order valence-electron chi connectivity index (χ3n) is 2.57. The molecule has 0 fully saturated rings. The third-order valence-corrected chi connectivity index (χ3v) is 3.15. The van der Waals surface area contributed by atoms with Gasteiger partial charge in [0.1, 0.15) is 18.2 Å². The minimum absolute atomic E-state index is 0.00750. The fourth-order valence-electron chi connectivity index (χ4n) is 1.65. The van der Waals surface area contributed by atoms with Crippen molar-refractivity contribution in [2.24, 2.45) is 0 Å². The Kier molecular flexibility index (Phi) is 7.01. The molecule has 0 spiro atoms. The van der Waals surface area contributed by atoms with Crippen molar-refractivity contribution >= 4 is 27.9 Å². The second-order valence-corrected chi connectivity index (χ2v) is 4.91. The highest BCUT2D eigenvalue weighted by Gasteiger charge is 2.13. The van der Waals surface area contributed by atoms with Crippen LogP contribution in [-0.2, 0) is 4.79 Å². The fraction of sp³-hybridized carbons (Fsp3) is 0.250. The number of likely N-dealkylation sites (N-methyl/N-ethyl adjacent to an activating group) is 1. The molecule has 0 saturated carbocycles. The summed E-state index contributed by atoms with van der Waals surface area (Å²) in [6.07, 6.45) is 6.65. The zero-order valence-electron chi connectivity index (χ0n) is 12.3. The molecule has 22 heavy (non-hydrogen) atoms. The van der Waals surface area contributed by atoms with Gasteiger partial charge in [0.05, 0.1) is 11.6 Å². The number of carbonyl (C=O) groups is 1. The highest BCUT2D eigenvalue weighted by Crippen LogP contribution is 2.37. The summed E-state index contributed by atoms with van der Waals surface area (Å²) >= 11 is 3.36. The van der Waals surface area contributed by atoms with Gasteiger partial charge in [-0.1, -0.05) is 5.92 Å². The van der Waals surface area contributed by atoms with Crippen LogP contribution in [0.2, 0.25) is 0 Å². The molecule has 0 aromatic heterocycles. The van der Waals surface area contributed by atoms with E-state index in [1.54, 1.807) is 19.1 Å². The van der Waals surface area contributed by atoms with Crippen molar-refractivity contribution in [2.45, 2.75) is 6.92 Å². The number of ether oxygens (including phenoxy) is 2. The smallest absolute Gasteiger partial charge is 0.261 e. The van der Waals surface area contributed by atoms with Gasteiger partial charge in [0.15, 0.2) is 11.5 Å². The molecule has 1 N–H and O–H groups in total. The van der Waals surface area contributed by atoms with E-state index in [0.717, 1.165) is 0 Å². The van der Waals surface area contributed by atoms with Gasteiger partial charge in [0, 0.05) is 6.54 Å². The average molecular weight is 363 g/mol. The quantitative estimate of drug-likeness (QED) is 0.479. The van der Waals surface area contributed by atoms with Crippen molar-refractivity contribution in [2.75, 3.05) is 20.3 Å². The number of nitrogens with one attached hydrogen (secondary N) is 1. The highest BCUT2D eigenvalue weighted by atomic mass is 79.9. The Labute approximate surface area is 138 Å². The molecule has 114 valence electrons. The molecule has 1 amide bonds. The number of nitrogens with zero attached hydrogens (tertiary/aromatic N) is 1. The van der Waals surface area contributed by atoms with E-state index in [1.165, 1.54) is 13.2 Å². The molecule has 0 aliphatic carbocycles. The zero-order valence-corrected chi connectivity index (χ0v) is 13.9. The molecule has 1 aromatic rings. The van der Waals surface area contributed by atoms with Gasteiger partial charge in [-0.3, -0.25) is 4.79 Å². The molecular formula is C16H15BrN2O3. The molecule has 0 unspecified atom stereocenters. The molecule has 0 saturated heterocycles. The zero-order chi connectivity index (χ0) is 16.5. The summed E-state index contributed by atoms with van der Waals surface area (Å²) in [6, 6.07) is 5.25. The molecule has 0 aliphatic rings. The van der Waals surface area contributed by atoms with Crippen LogP contribution in [0.5, 0.6) is 11.5 Å². The van der Waals surface area contributed by atoms with Crippen LogP contribution >= 0.6 is 15.9 Å². The first-order valence-electron chi connectivity index (χ1n) is 6.41. The Hall–Kier alpha value is -2.44. The van der Waals surface area contributed by atoms with E-state index < -0.39 is 5.91 Å². The topological polar surface area (TPSA) is 71.3 Å². The highest BCUT2D eigenvalue weighted by molar-refractivity contribution is 9.10. The van der Waals surface area contributed by atoms with Crippen molar-refractivity contribution in [1.29, 1.82) is 5.26 Å². The molecule has 0 atom stereocenters. The Morgan fingerprint density at radius 1 is 1.55 bits per heavy atom. The Bertz CT molecular complexity index is 669. The maximum atomic E-state index is 11.7. The van der Waals surface area contributed by atoms with Crippen molar-refractivity contribution in [3.63, 3.8) is 0 Å². The summed E-state index contributed by atoms with van der Waals surface area (Å²) in [4.78, 5) is 11.7. The SMILES string of the molecule is C#CCOc1c(Br)cc(/C=C(\C#N)C(=O)NCC)cc1OC. The van der Waals surface area contributed by atoms with Crippen molar-refractivity contribution in [3.05, 3.63) is 27.7 Å². The second kappa shape index (κ2) is 8.76. The van der Waals surface area contributed by atoms with Crippen LogP contribution in [0.25, 0.3) is 6.08 Å². The van der Waals surface area contributed by atoms with Crippen LogP contribution in [0.4, 0.5) is 0 Å². The summed E-state index contributed by atoms with van der Waals surface area (Å²) < 4.78 is 11.3. The molecule has 0 heterocycles. The normalized spacial score (nSPS) is 10.3. The minimum Gasteiger partial charge on any atom is -0.493 e. The van der Waals surface area contributed by atoms with E-state index in [-0.39, 0.29) is 12.2 Å². The molecule has 5 nitrogen and oxygen atoms in total. The fourth-order valence-corrected chi connectivity index (χ4v) is 2.22. The lowest BCUT2D eigenvalue weighted by molar-refractivity contribution is -0.116. The van der Waals surface area contributed by atoms with E-state index in [2.05, 4.69) is 27.2 Å². The number of methoxy groups -OCH3 is 1. The van der Waals surface area contributed by atoms with Crippen LogP contribution in [-0.4, -0.2) is 26.2 Å². The summed E-state index contributed by atoms with van der Waals surface area (Å²) in [7, 11) is 1.49. The lowest BCUT2D eigenvalue weighted by Gasteiger charge is -2.12. The lowest BCUT2D eigenvalue weighted by Crippen LogP contribution is -2.23. The number of benzene rings is 1. The van der Waals surface area contributed by atoms with Crippen LogP contribution in [0, 0.1) is 23.7 Å². The van der Waals surface area contributed by atoms with Crippen LogP contribution in [0.3, 0.4) is 0 Å². The molecule has 1 rings (SSSR count). The van der Waals surface area contributed by atoms with Crippen LogP contribution in [0.1, 0.15) is 12.5 Å². The van der Waals surface area contributed by atoms with E-state index >= 15 is 0 Å². The maximum absolute atomic E-state index is 11.7. The first-order valence-corrected chi connectivity index (χ1v) is 7.20. The number of terminal acetylenes is 1. The predicted molar refractivity (Wildman–Crippen MR) is 87.3 cm³/mol. The van der Waals surface area contributed by atoms with E-state index in [1.807, 2.05) is 6.07 Å². The summed E-state index contributed by atoms with van der Waals surface area (Å²) in [6.45, 7) is 2.33. The van der Waals surface area contributed by atoms with Gasteiger partial charge in [-0.2, -0.15) is 5.26 Å². The Morgan fingerprint density at radius 3 is 2.82 bits per heavy atom. The van der Waals surface area contributed by atoms with Crippen molar-refractivity contribution in [1.82, 2.24) is 5.32 Å². The number of amides is 1. The first-order chi connectivity index (χ1) is 10.6. The van der Waals surface area contributed by atoms with Crippen molar-refractivity contribution < 1.29 is 14.3 Å². The van der Waals surface area contributed by atoms with E-state index in [4.69, 9.17) is 21.2 Å². The summed E-state index contributed by atoms with van der Waals surface area (Å²) in [5.74, 6) is 2.86. The van der Waals surface area contributed by atoms with Gasteiger partial charge >= 0.3 is 0 Å². The van der Waals surface area contributed by atoms with Crippen molar-refractivity contribution in [3.8, 4) is 29.9 Å². The van der Waals surface area contributed by atoms with Gasteiger partial charge < -0.3 is 14.8 Å². The van der Waals surface area contributed by atoms with E-state index in [0.29, 0.717) is 28.1 Å². The minimum atomic E-state index is -0.423. The van der Waals surface area contributed by atoms with Gasteiger partial charge in [-0.15, -0.1) is 6.42 Å². The molecule has 0 aliphatic heterocycles. The maximum Gasteiger partial charge on any atom is 0.261 e. The number of hydrogen-bond acceptors (Lipinski definition) is 4. The number of nitriles is 1. The lowest BCUT2D eigenvalue weighted by atomic mass is 10.1. The van der Waals surface area contributed by atoms with Gasteiger partial charge in [0.25, 0.3) is 5.91 Å². The Balaban J connectivity index is 3.22. The monoisotopic (exact) mass is 362 g/mol. The number of rotatable bonds is 6. The molecule has 0 bridgehead atoms. The van der Waals surface area contributed by atoms with Gasteiger partial charge in [-0.05, 0) is 46.6 Å². The largest absolute Gasteiger partial charge is 0.493 e. The molecule has 6 heteroatoms. The molecule has 1 aromatic carbocycles. The number of carbonyl (C=O) groups excluding carboxylic acids is 1. The average Bonchev–Trinajstić information content (AvgIpc) is 2.51. The standard InChI is InChI=1S/C16H15BrN2O3/c1-4-6-22-15-13(17)8-11(9-14(15)21-3)7-12(10-18)16(20)19-5-2/h1,7-9H,5-6H2,2-3H3,(H,19,20)/b12-7+. The van der Waals surface area contributed by atoms with Gasteiger partial charge in [-0.25, -0.2) is 0 Å². The summed E-state index contributed by atoms with van der Waals surface area (Å²) in [5.41, 5.74) is 0.632. The first kappa shape index (κ1) is 17.6. The van der Waals surface area contributed by atoms with E-state index in [9.17, 15) is 4.79 Å². The molecular weight excluding hydrogens is 348 g/mol. The molecule has 0 radical (unpaired) electrons. The second-order valence-electron chi connectivity index (χ2n) is 4.06. The predicted octanol–water partition coefficient (Wildman–Crippen LogP) is 2.51. The number of halogens is 1. The number of hydrogen-bond donors (Lipinski definition) is 1. The van der Waals surface area contributed by atoms with Crippen LogP contribution < -0.4 is 14.8 Å². The van der Waals surface area contributed by atoms with Crippen LogP contribution in [0.15, 0.2) is 22.2 Å². The third kappa shape index (κ3) is 4.54. The summed E-state index contributed by atoms with van der Waals surface area (Å²) in [5, 5.41) is 11.7.